The van der Waals surface area contributed by atoms with E-state index >= 15 is 0 Å². The van der Waals surface area contributed by atoms with E-state index in [1.54, 1.807) is 0 Å². The van der Waals surface area contributed by atoms with Gasteiger partial charge in [0.25, 0.3) is 0 Å². The molecule has 0 fully saturated rings. The molecule has 0 saturated carbocycles. The molecule has 1 heteroatoms. The van der Waals surface area contributed by atoms with Gasteiger partial charge in [0.05, 0.1) is 0 Å². The molecule has 1 aromatic carbocycles. The van der Waals surface area contributed by atoms with Crippen molar-refractivity contribution >= 4 is 5.78 Å². The molecule has 0 spiro atoms. The van der Waals surface area contributed by atoms with Gasteiger partial charge in [0.2, 0.25) is 0 Å². The number of benzene rings is 1. The Balaban J connectivity index is 2.73. The van der Waals surface area contributed by atoms with Gasteiger partial charge in [0, 0.05) is 12.0 Å². The average Bonchev–Trinajstić information content (AvgIpc) is 2.17. The van der Waals surface area contributed by atoms with Crippen LogP contribution >= 0.6 is 0 Å². The summed E-state index contributed by atoms with van der Waals surface area (Å²) in [5.41, 5.74) is 2.15. The molecule has 1 rings (SSSR count). The van der Waals surface area contributed by atoms with Crippen LogP contribution in [0.1, 0.15) is 43.1 Å². The normalized spacial score (nSPS) is 10.6. The molecule has 0 aliphatic carbocycles. The first-order valence-electron chi connectivity index (χ1n) is 5.25. The fourth-order valence-electron chi connectivity index (χ4n) is 1.50. The molecule has 0 amide bonds. The van der Waals surface area contributed by atoms with Gasteiger partial charge in [-0.05, 0) is 17.9 Å². The number of hydrogen-bond donors (Lipinski definition) is 0. The van der Waals surface area contributed by atoms with Crippen molar-refractivity contribution in [3.8, 4) is 0 Å². The highest BCUT2D eigenvalue weighted by atomic mass is 16.1. The molecule has 0 heterocycles. The lowest BCUT2D eigenvalue weighted by atomic mass is 10.0. The Hall–Kier alpha value is -1.11. The molecule has 76 valence electrons. The molecule has 0 aromatic heterocycles. The predicted molar refractivity (Wildman–Crippen MR) is 59.6 cm³/mol. The first-order valence-corrected chi connectivity index (χ1v) is 5.25. The highest BCUT2D eigenvalue weighted by Gasteiger charge is 2.02. The van der Waals surface area contributed by atoms with Crippen LogP contribution < -0.4 is 0 Å². The van der Waals surface area contributed by atoms with Crippen molar-refractivity contribution in [3.63, 3.8) is 0 Å². The van der Waals surface area contributed by atoms with E-state index < -0.39 is 0 Å². The van der Waals surface area contributed by atoms with Crippen LogP contribution in [0.5, 0.6) is 0 Å². The van der Waals surface area contributed by atoms with Crippen molar-refractivity contribution < 1.29 is 4.79 Å². The third-order valence-corrected chi connectivity index (χ3v) is 2.24. The van der Waals surface area contributed by atoms with Crippen LogP contribution in [-0.4, -0.2) is 5.78 Å². The molecule has 0 aliphatic rings. The number of carbonyl (C=O) groups is 1. The maximum atomic E-state index is 11.3. The van der Waals surface area contributed by atoms with Gasteiger partial charge >= 0.3 is 0 Å². The summed E-state index contributed by atoms with van der Waals surface area (Å²) < 4.78 is 0. The third-order valence-electron chi connectivity index (χ3n) is 2.24. The van der Waals surface area contributed by atoms with Crippen molar-refractivity contribution in [2.75, 3.05) is 0 Å². The summed E-state index contributed by atoms with van der Waals surface area (Å²) in [6.07, 6.45) is 1.67. The minimum Gasteiger partial charge on any atom is -0.294 e. The summed E-state index contributed by atoms with van der Waals surface area (Å²) in [6, 6.07) is 7.98. The summed E-state index contributed by atoms with van der Waals surface area (Å²) in [5.74, 6) is 0.892. The van der Waals surface area contributed by atoms with E-state index in [1.807, 2.05) is 19.1 Å². The molecule has 0 bridgehead atoms. The lowest BCUT2D eigenvalue weighted by molar-refractivity contribution is 0.0988. The Morgan fingerprint density at radius 2 is 1.79 bits per heavy atom. The van der Waals surface area contributed by atoms with Crippen LogP contribution in [0.4, 0.5) is 0 Å². The SMILES string of the molecule is CCC(=O)c1ccc(CC(C)C)cc1. The Bertz CT molecular complexity index is 296. The second-order valence-corrected chi connectivity index (χ2v) is 4.07. The first kappa shape index (κ1) is 11.0. The zero-order valence-corrected chi connectivity index (χ0v) is 9.21. The van der Waals surface area contributed by atoms with Crippen LogP contribution in [0.15, 0.2) is 24.3 Å². The molecule has 0 N–H and O–H groups in total. The van der Waals surface area contributed by atoms with Crippen LogP contribution in [-0.2, 0) is 6.42 Å². The van der Waals surface area contributed by atoms with E-state index in [0.29, 0.717) is 12.3 Å². The number of ketones is 1. The Labute approximate surface area is 86.1 Å². The van der Waals surface area contributed by atoms with Gasteiger partial charge in [0.15, 0.2) is 5.78 Å². The van der Waals surface area contributed by atoms with E-state index in [9.17, 15) is 4.79 Å². The monoisotopic (exact) mass is 190 g/mol. The lowest BCUT2D eigenvalue weighted by Crippen LogP contribution is -1.98. The summed E-state index contributed by atoms with van der Waals surface area (Å²) in [4.78, 5) is 11.3. The van der Waals surface area contributed by atoms with E-state index in [1.165, 1.54) is 5.56 Å². The average molecular weight is 190 g/mol. The number of hydrogen-bond acceptors (Lipinski definition) is 1. The van der Waals surface area contributed by atoms with Crippen molar-refractivity contribution in [3.05, 3.63) is 35.4 Å². The van der Waals surface area contributed by atoms with E-state index in [4.69, 9.17) is 0 Å². The van der Waals surface area contributed by atoms with Gasteiger partial charge in [-0.3, -0.25) is 4.79 Å². The summed E-state index contributed by atoms with van der Waals surface area (Å²) in [5, 5.41) is 0. The Morgan fingerprint density at radius 1 is 1.21 bits per heavy atom. The van der Waals surface area contributed by atoms with Crippen LogP contribution in [0.3, 0.4) is 0 Å². The molecule has 1 aromatic rings. The Kier molecular flexibility index (Phi) is 3.87. The molecule has 0 aliphatic heterocycles. The van der Waals surface area contributed by atoms with Gasteiger partial charge in [-0.25, -0.2) is 0 Å². The predicted octanol–water partition coefficient (Wildman–Crippen LogP) is 3.48. The quantitative estimate of drug-likeness (QED) is 0.664. The summed E-state index contributed by atoms with van der Waals surface area (Å²) in [6.45, 7) is 6.29. The van der Waals surface area contributed by atoms with E-state index in [2.05, 4.69) is 26.0 Å². The molecule has 0 unspecified atom stereocenters. The largest absolute Gasteiger partial charge is 0.294 e. The number of carbonyl (C=O) groups excluding carboxylic acids is 1. The molecule has 0 atom stereocenters. The van der Waals surface area contributed by atoms with Gasteiger partial charge < -0.3 is 0 Å². The van der Waals surface area contributed by atoms with Crippen LogP contribution in [0.2, 0.25) is 0 Å². The zero-order valence-electron chi connectivity index (χ0n) is 9.21. The molecular formula is C13H18O. The van der Waals surface area contributed by atoms with Crippen molar-refractivity contribution in [1.82, 2.24) is 0 Å². The summed E-state index contributed by atoms with van der Waals surface area (Å²) >= 11 is 0. The smallest absolute Gasteiger partial charge is 0.162 e. The topological polar surface area (TPSA) is 17.1 Å². The van der Waals surface area contributed by atoms with E-state index in [0.717, 1.165) is 12.0 Å². The van der Waals surface area contributed by atoms with Gasteiger partial charge in [-0.15, -0.1) is 0 Å². The van der Waals surface area contributed by atoms with Gasteiger partial charge in [-0.1, -0.05) is 45.0 Å². The van der Waals surface area contributed by atoms with Gasteiger partial charge in [-0.2, -0.15) is 0 Å². The highest BCUT2D eigenvalue weighted by Crippen LogP contribution is 2.10. The number of rotatable bonds is 4. The second-order valence-electron chi connectivity index (χ2n) is 4.07. The van der Waals surface area contributed by atoms with Crippen molar-refractivity contribution in [2.24, 2.45) is 5.92 Å². The van der Waals surface area contributed by atoms with Crippen LogP contribution in [0.25, 0.3) is 0 Å². The van der Waals surface area contributed by atoms with Crippen molar-refractivity contribution in [2.45, 2.75) is 33.6 Å². The fourth-order valence-corrected chi connectivity index (χ4v) is 1.50. The van der Waals surface area contributed by atoms with E-state index in [-0.39, 0.29) is 5.78 Å². The fraction of sp³-hybridized carbons (Fsp3) is 0.462. The molecule has 0 saturated heterocycles. The van der Waals surface area contributed by atoms with Gasteiger partial charge in [0.1, 0.15) is 0 Å². The molecular weight excluding hydrogens is 172 g/mol. The lowest BCUT2D eigenvalue weighted by Gasteiger charge is -2.05. The maximum Gasteiger partial charge on any atom is 0.162 e. The minimum atomic E-state index is 0.223. The highest BCUT2D eigenvalue weighted by molar-refractivity contribution is 5.95. The Morgan fingerprint density at radius 3 is 2.21 bits per heavy atom. The molecule has 14 heavy (non-hydrogen) atoms. The van der Waals surface area contributed by atoms with Crippen molar-refractivity contribution in [1.29, 1.82) is 0 Å². The third kappa shape index (κ3) is 2.99. The summed E-state index contributed by atoms with van der Waals surface area (Å²) in [7, 11) is 0. The second kappa shape index (κ2) is 4.94. The minimum absolute atomic E-state index is 0.223. The molecule has 1 nitrogen and oxygen atoms in total. The standard InChI is InChI=1S/C13H18O/c1-4-13(14)12-7-5-11(6-8-12)9-10(2)3/h5-8,10H,4,9H2,1-3H3. The number of Topliss-reactive ketones (excluding diaryl/α,β-unsaturated/α-hetero) is 1. The first-order chi connectivity index (χ1) is 6.63. The molecule has 0 radical (unpaired) electrons. The zero-order chi connectivity index (χ0) is 10.6. The van der Waals surface area contributed by atoms with Crippen LogP contribution in [0, 0.1) is 5.92 Å². The maximum absolute atomic E-state index is 11.3.